The van der Waals surface area contributed by atoms with Gasteiger partial charge in [-0.2, -0.15) is 4.98 Å². The summed E-state index contributed by atoms with van der Waals surface area (Å²) in [5.74, 6) is 0.440. The first-order chi connectivity index (χ1) is 18.7. The molecule has 39 heavy (non-hydrogen) atoms. The van der Waals surface area contributed by atoms with Crippen molar-refractivity contribution in [3.8, 4) is 0 Å². The van der Waals surface area contributed by atoms with Crippen LogP contribution in [0, 0.1) is 0 Å². The maximum absolute atomic E-state index is 12.8. The highest BCUT2D eigenvalue weighted by molar-refractivity contribution is 7.70. The van der Waals surface area contributed by atoms with E-state index >= 15 is 0 Å². The Morgan fingerprint density at radius 2 is 1.95 bits per heavy atom. The third kappa shape index (κ3) is 6.27. The van der Waals surface area contributed by atoms with Crippen LogP contribution in [0.5, 0.6) is 0 Å². The maximum atomic E-state index is 12.8. The lowest BCUT2D eigenvalue weighted by atomic mass is 10.1. The summed E-state index contributed by atoms with van der Waals surface area (Å²) >= 11 is 6.41. The molecule has 3 N–H and O–H groups in total. The fourth-order valence-corrected chi connectivity index (χ4v) is 6.50. The number of halogens is 1. The molecular weight excluding hydrogens is 533 g/mol. The molecule has 0 bridgehead atoms. The van der Waals surface area contributed by atoms with E-state index in [-0.39, 0.29) is 5.91 Å². The number of para-hydroxylation sites is 1. The number of hydrogen-bond acceptors (Lipinski definition) is 8. The molecular formula is C28H33ClN7O2P. The first-order valence-electron chi connectivity index (χ1n) is 13.0. The van der Waals surface area contributed by atoms with Gasteiger partial charge in [-0.25, -0.2) is 4.98 Å². The van der Waals surface area contributed by atoms with Gasteiger partial charge in [-0.15, -0.1) is 0 Å². The largest absolute Gasteiger partial charge is 0.367 e. The lowest BCUT2D eigenvalue weighted by Gasteiger charge is -2.39. The molecule has 11 heteroatoms. The van der Waals surface area contributed by atoms with Gasteiger partial charge in [0, 0.05) is 36.7 Å². The number of nitrogens with one attached hydrogen (secondary N) is 3. The normalized spacial score (nSPS) is 17.4. The first kappa shape index (κ1) is 27.2. The summed E-state index contributed by atoms with van der Waals surface area (Å²) in [7, 11) is -2.53. The van der Waals surface area contributed by atoms with Crippen molar-refractivity contribution in [1.29, 1.82) is 0 Å². The van der Waals surface area contributed by atoms with Crippen LogP contribution >= 0.6 is 18.7 Å². The molecule has 0 aliphatic carbocycles. The van der Waals surface area contributed by atoms with Gasteiger partial charge in [0.1, 0.15) is 12.2 Å². The Balaban J connectivity index is 1.40. The summed E-state index contributed by atoms with van der Waals surface area (Å²) in [5.41, 5.74) is 3.05. The van der Waals surface area contributed by atoms with Gasteiger partial charge in [0.2, 0.25) is 11.9 Å². The predicted octanol–water partition coefficient (Wildman–Crippen LogP) is 5.27. The molecule has 9 nitrogen and oxygen atoms in total. The third-order valence-electron chi connectivity index (χ3n) is 7.11. The lowest BCUT2D eigenvalue weighted by molar-refractivity contribution is -0.111. The van der Waals surface area contributed by atoms with Crippen LogP contribution in [-0.2, 0) is 9.36 Å². The second-order valence-electron chi connectivity index (χ2n) is 10.2. The highest BCUT2D eigenvalue weighted by atomic mass is 35.5. The van der Waals surface area contributed by atoms with Crippen LogP contribution in [0.3, 0.4) is 0 Å². The zero-order chi connectivity index (χ0) is 27.6. The number of benzene rings is 2. The standard InChI is InChI=1S/C28H33ClN7O2P/c1-4-26(37)32-23-16-19(11-12-24(23)36-15-14-35-13-7-8-20(35)18-36)31-28-30-17-21(29)27(34-28)33-22-9-5-6-10-25(22)39(2,3)38/h4-6,9-12,16-17,20H,1,7-8,13-15,18H2,2-3H3,(H,32,37)(H2,30,31,33,34)/t20-/m0/s1. The zero-order valence-corrected chi connectivity index (χ0v) is 23.8. The van der Waals surface area contributed by atoms with Crippen LogP contribution in [0.1, 0.15) is 12.8 Å². The molecule has 0 spiro atoms. The third-order valence-corrected chi connectivity index (χ3v) is 8.93. The van der Waals surface area contributed by atoms with E-state index in [1.807, 2.05) is 42.5 Å². The van der Waals surface area contributed by atoms with Crippen molar-refractivity contribution < 1.29 is 9.36 Å². The number of rotatable bonds is 8. The summed E-state index contributed by atoms with van der Waals surface area (Å²) in [6, 6.07) is 13.8. The number of amides is 1. The average molecular weight is 566 g/mol. The maximum Gasteiger partial charge on any atom is 0.247 e. The number of carbonyl (C=O) groups is 1. The number of aromatic nitrogens is 2. The van der Waals surface area contributed by atoms with Gasteiger partial charge < -0.3 is 25.4 Å². The highest BCUT2D eigenvalue weighted by Gasteiger charge is 2.31. The summed E-state index contributed by atoms with van der Waals surface area (Å²) in [4.78, 5) is 26.1. The van der Waals surface area contributed by atoms with E-state index in [0.717, 1.165) is 25.3 Å². The predicted molar refractivity (Wildman–Crippen MR) is 161 cm³/mol. The number of carbonyl (C=O) groups excluding carboxylic acids is 1. The van der Waals surface area contributed by atoms with E-state index in [2.05, 4.69) is 42.3 Å². The fourth-order valence-electron chi connectivity index (χ4n) is 5.20. The van der Waals surface area contributed by atoms with Gasteiger partial charge in [-0.05, 0) is 69.1 Å². The number of fused-ring (bicyclic) bond motifs is 1. The van der Waals surface area contributed by atoms with Crippen LogP contribution < -0.4 is 26.2 Å². The molecule has 2 aliphatic rings. The second-order valence-corrected chi connectivity index (χ2v) is 13.8. The monoisotopic (exact) mass is 565 g/mol. The van der Waals surface area contributed by atoms with Crippen molar-refractivity contribution in [2.24, 2.45) is 0 Å². The van der Waals surface area contributed by atoms with Crippen LogP contribution in [0.25, 0.3) is 0 Å². The van der Waals surface area contributed by atoms with Gasteiger partial charge in [-0.3, -0.25) is 9.69 Å². The Morgan fingerprint density at radius 3 is 2.74 bits per heavy atom. The topological polar surface area (TPSA) is 102 Å². The number of hydrogen-bond donors (Lipinski definition) is 3. The summed E-state index contributed by atoms with van der Waals surface area (Å²) in [6.07, 6.45) is 5.21. The molecule has 5 rings (SSSR count). The van der Waals surface area contributed by atoms with Crippen LogP contribution in [0.15, 0.2) is 61.3 Å². The molecule has 0 unspecified atom stereocenters. The van der Waals surface area contributed by atoms with Crippen molar-refractivity contribution in [1.82, 2.24) is 14.9 Å². The van der Waals surface area contributed by atoms with E-state index in [0.29, 0.717) is 45.2 Å². The molecule has 2 fully saturated rings. The number of nitrogens with zero attached hydrogens (tertiary/aromatic N) is 4. The molecule has 3 aromatic rings. The molecule has 2 aromatic carbocycles. The van der Waals surface area contributed by atoms with Gasteiger partial charge >= 0.3 is 0 Å². The van der Waals surface area contributed by atoms with Crippen molar-refractivity contribution in [2.75, 3.05) is 60.4 Å². The average Bonchev–Trinajstić information content (AvgIpc) is 3.38. The summed E-state index contributed by atoms with van der Waals surface area (Å²) in [6.45, 7) is 11.1. The fraction of sp³-hybridized carbons (Fsp3) is 0.321. The molecule has 204 valence electrons. The molecule has 0 radical (unpaired) electrons. The summed E-state index contributed by atoms with van der Waals surface area (Å²) < 4.78 is 12.8. The molecule has 1 aromatic heterocycles. The zero-order valence-electron chi connectivity index (χ0n) is 22.2. The van der Waals surface area contributed by atoms with Gasteiger partial charge in [0.15, 0.2) is 5.82 Å². The number of anilines is 6. The Morgan fingerprint density at radius 1 is 1.13 bits per heavy atom. The molecule has 1 amide bonds. The van der Waals surface area contributed by atoms with Crippen LogP contribution in [0.4, 0.5) is 34.5 Å². The highest BCUT2D eigenvalue weighted by Crippen LogP contribution is 2.39. The first-order valence-corrected chi connectivity index (χ1v) is 16.0. The van der Waals surface area contributed by atoms with Crippen molar-refractivity contribution >= 4 is 64.5 Å². The van der Waals surface area contributed by atoms with Crippen LogP contribution in [-0.4, -0.2) is 66.3 Å². The van der Waals surface area contributed by atoms with E-state index in [9.17, 15) is 9.36 Å². The second kappa shape index (κ2) is 11.4. The SMILES string of the molecule is C=CC(=O)Nc1cc(Nc2ncc(Cl)c(Nc3ccccc3P(C)(C)=O)n2)ccc1N1CCN2CCC[C@H]2C1. The minimum absolute atomic E-state index is 0.273. The Kier molecular flexibility index (Phi) is 7.93. The van der Waals surface area contributed by atoms with E-state index < -0.39 is 7.14 Å². The van der Waals surface area contributed by atoms with E-state index in [1.54, 1.807) is 13.3 Å². The molecule has 3 heterocycles. The summed E-state index contributed by atoms with van der Waals surface area (Å²) in [5, 5.41) is 10.4. The van der Waals surface area contributed by atoms with E-state index in [1.165, 1.54) is 31.7 Å². The van der Waals surface area contributed by atoms with E-state index in [4.69, 9.17) is 11.6 Å². The van der Waals surface area contributed by atoms with Crippen molar-refractivity contribution in [2.45, 2.75) is 18.9 Å². The Hall–Kier alpha value is -3.39. The van der Waals surface area contributed by atoms with Gasteiger partial charge in [0.25, 0.3) is 0 Å². The van der Waals surface area contributed by atoms with Gasteiger partial charge in [-0.1, -0.05) is 30.3 Å². The lowest BCUT2D eigenvalue weighted by Crippen LogP contribution is -2.50. The Labute approximate surface area is 234 Å². The van der Waals surface area contributed by atoms with Crippen LogP contribution in [0.2, 0.25) is 5.02 Å². The molecule has 1 atom stereocenters. The van der Waals surface area contributed by atoms with Gasteiger partial charge in [0.05, 0.1) is 23.3 Å². The molecule has 2 aliphatic heterocycles. The van der Waals surface area contributed by atoms with Crippen molar-refractivity contribution in [3.63, 3.8) is 0 Å². The smallest absolute Gasteiger partial charge is 0.247 e. The van der Waals surface area contributed by atoms with Crippen molar-refractivity contribution in [3.05, 3.63) is 66.3 Å². The molecule has 0 saturated carbocycles. The minimum atomic E-state index is -2.53. The molecule has 2 saturated heterocycles. The quantitative estimate of drug-likeness (QED) is 0.251. The minimum Gasteiger partial charge on any atom is -0.367 e. The number of piperazine rings is 1. The Bertz CT molecular complexity index is 1440.